The first kappa shape index (κ1) is 23.3. The number of rotatable bonds is 10. The van der Waals surface area contributed by atoms with Crippen LogP contribution >= 0.6 is 0 Å². The van der Waals surface area contributed by atoms with Crippen LogP contribution in [0.15, 0.2) is 41.3 Å². The third kappa shape index (κ3) is 5.26. The number of nitro groups is 1. The van der Waals surface area contributed by atoms with Crippen LogP contribution in [-0.2, 0) is 21.4 Å². The Morgan fingerprint density at radius 3 is 2.53 bits per heavy atom. The van der Waals surface area contributed by atoms with E-state index in [1.54, 1.807) is 18.2 Å². The number of carbonyl (C=O) groups excluding carboxylic acids is 1. The van der Waals surface area contributed by atoms with Gasteiger partial charge >= 0.3 is 0 Å². The molecule has 3 rings (SSSR count). The summed E-state index contributed by atoms with van der Waals surface area (Å²) in [7, 11) is -2.44. The standard InChI is InChI=1S/C20H24N4O7S/c1-30-18-10-14(4-7-17(18)31-13-20(21)25)12-22-16-6-5-15(24(26)27)11-19(16)32(28,29)23-8-2-3-9-23/h4-7,10-11,22H,2-3,8-9,12-13H2,1H3,(H2,21,25). The molecule has 0 bridgehead atoms. The van der Waals surface area contributed by atoms with E-state index < -0.39 is 20.9 Å². The minimum Gasteiger partial charge on any atom is -0.493 e. The third-order valence-corrected chi connectivity index (χ3v) is 6.88. The van der Waals surface area contributed by atoms with E-state index in [1.165, 1.54) is 23.5 Å². The molecule has 1 heterocycles. The van der Waals surface area contributed by atoms with Crippen LogP contribution in [-0.4, -0.2) is 50.4 Å². The molecule has 11 nitrogen and oxygen atoms in total. The van der Waals surface area contributed by atoms with E-state index in [0.717, 1.165) is 24.5 Å². The zero-order valence-corrected chi connectivity index (χ0v) is 18.3. The van der Waals surface area contributed by atoms with E-state index in [4.69, 9.17) is 15.2 Å². The minimum atomic E-state index is -3.89. The van der Waals surface area contributed by atoms with Crippen LogP contribution in [0.1, 0.15) is 18.4 Å². The van der Waals surface area contributed by atoms with Crippen LogP contribution in [0.2, 0.25) is 0 Å². The number of hydrogen-bond donors (Lipinski definition) is 2. The number of hydrogen-bond acceptors (Lipinski definition) is 8. The second-order valence-electron chi connectivity index (χ2n) is 7.14. The molecule has 0 atom stereocenters. The van der Waals surface area contributed by atoms with Gasteiger partial charge in [-0.1, -0.05) is 6.07 Å². The molecule has 172 valence electrons. The van der Waals surface area contributed by atoms with Gasteiger partial charge in [-0.2, -0.15) is 4.31 Å². The Hall–Kier alpha value is -3.38. The van der Waals surface area contributed by atoms with Crippen molar-refractivity contribution in [2.24, 2.45) is 5.73 Å². The van der Waals surface area contributed by atoms with E-state index in [2.05, 4.69) is 5.32 Å². The lowest BCUT2D eigenvalue weighted by molar-refractivity contribution is -0.385. The van der Waals surface area contributed by atoms with Gasteiger partial charge in [-0.3, -0.25) is 14.9 Å². The number of ether oxygens (including phenoxy) is 2. The quantitative estimate of drug-likeness (QED) is 0.399. The molecule has 1 saturated heterocycles. The van der Waals surface area contributed by atoms with Gasteiger partial charge < -0.3 is 20.5 Å². The summed E-state index contributed by atoms with van der Waals surface area (Å²) >= 11 is 0. The van der Waals surface area contributed by atoms with Crippen molar-refractivity contribution in [2.75, 3.05) is 32.1 Å². The number of nitro benzene ring substituents is 1. The molecule has 0 saturated carbocycles. The maximum Gasteiger partial charge on any atom is 0.270 e. The molecular weight excluding hydrogens is 440 g/mol. The van der Waals surface area contributed by atoms with Gasteiger partial charge in [0, 0.05) is 31.8 Å². The van der Waals surface area contributed by atoms with Crippen molar-refractivity contribution < 1.29 is 27.6 Å². The lowest BCUT2D eigenvalue weighted by Crippen LogP contribution is -2.28. The molecule has 1 aliphatic rings. The first-order valence-electron chi connectivity index (χ1n) is 9.83. The maximum atomic E-state index is 13.1. The van der Waals surface area contributed by atoms with E-state index in [0.29, 0.717) is 24.6 Å². The highest BCUT2D eigenvalue weighted by atomic mass is 32.2. The number of carbonyl (C=O) groups is 1. The summed E-state index contributed by atoms with van der Waals surface area (Å²) in [5.74, 6) is 0.0876. The average Bonchev–Trinajstić information content (AvgIpc) is 3.32. The number of nitrogens with one attached hydrogen (secondary N) is 1. The highest BCUT2D eigenvalue weighted by Gasteiger charge is 2.31. The van der Waals surface area contributed by atoms with Crippen LogP contribution in [0.25, 0.3) is 0 Å². The van der Waals surface area contributed by atoms with Gasteiger partial charge in [-0.25, -0.2) is 8.42 Å². The molecule has 0 unspecified atom stereocenters. The Kier molecular flexibility index (Phi) is 7.15. The molecule has 3 N–H and O–H groups in total. The molecule has 1 aliphatic heterocycles. The smallest absolute Gasteiger partial charge is 0.270 e. The van der Waals surface area contributed by atoms with E-state index in [9.17, 15) is 23.3 Å². The van der Waals surface area contributed by atoms with Crippen molar-refractivity contribution in [3.8, 4) is 11.5 Å². The number of nitrogens with two attached hydrogens (primary N) is 1. The van der Waals surface area contributed by atoms with Gasteiger partial charge in [-0.15, -0.1) is 0 Å². The van der Waals surface area contributed by atoms with Crippen molar-refractivity contribution in [1.29, 1.82) is 0 Å². The van der Waals surface area contributed by atoms with Crippen molar-refractivity contribution in [3.05, 3.63) is 52.1 Å². The number of amides is 1. The summed E-state index contributed by atoms with van der Waals surface area (Å²) in [5, 5.41) is 14.3. The molecule has 2 aromatic carbocycles. The van der Waals surface area contributed by atoms with Crippen molar-refractivity contribution in [2.45, 2.75) is 24.3 Å². The molecule has 0 aromatic heterocycles. The number of non-ortho nitro benzene ring substituents is 1. The summed E-state index contributed by atoms with van der Waals surface area (Å²) in [6.45, 7) is 0.685. The van der Waals surface area contributed by atoms with E-state index in [1.807, 2.05) is 0 Å². The van der Waals surface area contributed by atoms with Crippen LogP contribution in [0.5, 0.6) is 11.5 Å². The molecule has 32 heavy (non-hydrogen) atoms. The fraction of sp³-hybridized carbons (Fsp3) is 0.350. The van der Waals surface area contributed by atoms with Crippen LogP contribution < -0.4 is 20.5 Å². The number of benzene rings is 2. The number of anilines is 1. The van der Waals surface area contributed by atoms with E-state index >= 15 is 0 Å². The summed E-state index contributed by atoms with van der Waals surface area (Å²) in [5.41, 5.74) is 5.78. The van der Waals surface area contributed by atoms with Gasteiger partial charge in [0.1, 0.15) is 4.90 Å². The Balaban J connectivity index is 1.86. The number of primary amides is 1. The molecule has 12 heteroatoms. The Labute approximate surface area is 185 Å². The first-order chi connectivity index (χ1) is 15.2. The number of nitrogens with zero attached hydrogens (tertiary/aromatic N) is 2. The van der Waals surface area contributed by atoms with Gasteiger partial charge in [0.2, 0.25) is 10.0 Å². The van der Waals surface area contributed by atoms with E-state index in [-0.39, 0.29) is 29.4 Å². The second kappa shape index (κ2) is 9.83. The van der Waals surface area contributed by atoms with Gasteiger partial charge in [0.05, 0.1) is 17.7 Å². The maximum absolute atomic E-state index is 13.1. The zero-order valence-electron chi connectivity index (χ0n) is 17.4. The second-order valence-corrected chi connectivity index (χ2v) is 9.05. The number of methoxy groups -OCH3 is 1. The van der Waals surface area contributed by atoms with Gasteiger partial charge in [0.25, 0.3) is 11.6 Å². The highest BCUT2D eigenvalue weighted by molar-refractivity contribution is 7.89. The lowest BCUT2D eigenvalue weighted by Gasteiger charge is -2.19. The molecule has 1 amide bonds. The minimum absolute atomic E-state index is 0.137. The fourth-order valence-electron chi connectivity index (χ4n) is 3.34. The van der Waals surface area contributed by atoms with Crippen LogP contribution in [0, 0.1) is 10.1 Å². The van der Waals surface area contributed by atoms with Crippen molar-refractivity contribution in [1.82, 2.24) is 4.31 Å². The van der Waals surface area contributed by atoms with Gasteiger partial charge in [0.15, 0.2) is 18.1 Å². The summed E-state index contributed by atoms with van der Waals surface area (Å²) < 4.78 is 38.1. The molecule has 2 aromatic rings. The van der Waals surface area contributed by atoms with Crippen molar-refractivity contribution >= 4 is 27.3 Å². The summed E-state index contributed by atoms with van der Waals surface area (Å²) in [4.78, 5) is 21.4. The summed E-state index contributed by atoms with van der Waals surface area (Å²) in [6, 6.07) is 8.72. The predicted octanol–water partition coefficient (Wildman–Crippen LogP) is 1.86. The lowest BCUT2D eigenvalue weighted by atomic mass is 10.2. The monoisotopic (exact) mass is 464 g/mol. The Morgan fingerprint density at radius 1 is 1.19 bits per heavy atom. The highest BCUT2D eigenvalue weighted by Crippen LogP contribution is 2.32. The Morgan fingerprint density at radius 2 is 1.91 bits per heavy atom. The zero-order chi connectivity index (χ0) is 23.3. The molecule has 0 radical (unpaired) electrons. The largest absolute Gasteiger partial charge is 0.493 e. The predicted molar refractivity (Wildman–Crippen MR) is 116 cm³/mol. The Bertz CT molecular complexity index is 1110. The topological polar surface area (TPSA) is 154 Å². The molecule has 0 spiro atoms. The first-order valence-corrected chi connectivity index (χ1v) is 11.3. The van der Waals surface area contributed by atoms with Crippen LogP contribution in [0.4, 0.5) is 11.4 Å². The fourth-order valence-corrected chi connectivity index (χ4v) is 5.04. The van der Waals surface area contributed by atoms with Crippen LogP contribution in [0.3, 0.4) is 0 Å². The molecular formula is C20H24N4O7S. The average molecular weight is 465 g/mol. The normalized spacial score (nSPS) is 14.2. The summed E-state index contributed by atoms with van der Waals surface area (Å²) in [6.07, 6.45) is 1.50. The molecule has 0 aliphatic carbocycles. The SMILES string of the molecule is COc1cc(CNc2ccc([N+](=O)[O-])cc2S(=O)(=O)N2CCCC2)ccc1OCC(N)=O. The van der Waals surface area contributed by atoms with Crippen molar-refractivity contribution in [3.63, 3.8) is 0 Å². The third-order valence-electron chi connectivity index (χ3n) is 4.94. The number of sulfonamides is 1. The molecule has 1 fully saturated rings. The van der Waals surface area contributed by atoms with Gasteiger partial charge in [-0.05, 0) is 36.6 Å².